The van der Waals surface area contributed by atoms with Gasteiger partial charge in [0.25, 0.3) is 5.91 Å². The third-order valence-corrected chi connectivity index (χ3v) is 5.18. The standard InChI is InChI=1S/C22H27NO3/c1-7-18-8-10-19(11-9-18)23-20(24)12-26-22(25)21-16(5)14(3)13(2)15(4)17(21)6/h8-11H,7,12H2,1-6H3,(H,23,24). The Kier molecular flexibility index (Phi) is 6.19. The first-order valence-electron chi connectivity index (χ1n) is 8.89. The van der Waals surface area contributed by atoms with Crippen molar-refractivity contribution in [3.05, 3.63) is 63.2 Å². The molecule has 1 N–H and O–H groups in total. The summed E-state index contributed by atoms with van der Waals surface area (Å²) in [5.41, 5.74) is 7.62. The number of hydrogen-bond acceptors (Lipinski definition) is 3. The SMILES string of the molecule is CCc1ccc(NC(=O)COC(=O)c2c(C)c(C)c(C)c(C)c2C)cc1. The summed E-state index contributed by atoms with van der Waals surface area (Å²) in [4.78, 5) is 24.6. The average Bonchev–Trinajstić information content (AvgIpc) is 2.64. The van der Waals surface area contributed by atoms with Crippen LogP contribution in [0.4, 0.5) is 5.69 Å². The molecule has 0 saturated heterocycles. The third kappa shape index (κ3) is 4.13. The molecular weight excluding hydrogens is 326 g/mol. The van der Waals surface area contributed by atoms with E-state index in [0.717, 1.165) is 28.7 Å². The minimum atomic E-state index is -0.456. The molecule has 4 nitrogen and oxygen atoms in total. The lowest BCUT2D eigenvalue weighted by Gasteiger charge is -2.17. The molecule has 2 rings (SSSR count). The molecule has 0 aliphatic carbocycles. The van der Waals surface area contributed by atoms with E-state index in [1.165, 1.54) is 11.1 Å². The van der Waals surface area contributed by atoms with Crippen molar-refractivity contribution in [3.63, 3.8) is 0 Å². The molecule has 4 heteroatoms. The maximum absolute atomic E-state index is 12.5. The lowest BCUT2D eigenvalue weighted by atomic mass is 9.90. The van der Waals surface area contributed by atoms with Gasteiger partial charge in [-0.3, -0.25) is 4.79 Å². The van der Waals surface area contributed by atoms with E-state index in [1.54, 1.807) is 0 Å². The summed E-state index contributed by atoms with van der Waals surface area (Å²) in [5.74, 6) is -0.804. The van der Waals surface area contributed by atoms with Crippen molar-refractivity contribution in [3.8, 4) is 0 Å². The predicted molar refractivity (Wildman–Crippen MR) is 105 cm³/mol. The fourth-order valence-corrected chi connectivity index (χ4v) is 3.03. The lowest BCUT2D eigenvalue weighted by molar-refractivity contribution is -0.119. The molecule has 1 amide bonds. The Morgan fingerprint density at radius 2 is 1.35 bits per heavy atom. The summed E-state index contributed by atoms with van der Waals surface area (Å²) in [5, 5.41) is 2.74. The van der Waals surface area contributed by atoms with Crippen molar-refractivity contribution in [1.82, 2.24) is 0 Å². The van der Waals surface area contributed by atoms with E-state index in [1.807, 2.05) is 52.0 Å². The minimum absolute atomic E-state index is 0.306. The fraction of sp³-hybridized carbons (Fsp3) is 0.364. The molecule has 0 saturated carbocycles. The van der Waals surface area contributed by atoms with Gasteiger partial charge in [0.2, 0.25) is 0 Å². The number of hydrogen-bond donors (Lipinski definition) is 1. The zero-order valence-corrected chi connectivity index (χ0v) is 16.4. The Bertz CT molecular complexity index is 806. The van der Waals surface area contributed by atoms with E-state index < -0.39 is 5.97 Å². The number of nitrogens with one attached hydrogen (secondary N) is 1. The summed E-state index contributed by atoms with van der Waals surface area (Å²) in [6.07, 6.45) is 0.944. The van der Waals surface area contributed by atoms with Gasteiger partial charge < -0.3 is 10.1 Å². The van der Waals surface area contributed by atoms with Crippen LogP contribution < -0.4 is 5.32 Å². The summed E-state index contributed by atoms with van der Waals surface area (Å²) in [7, 11) is 0. The normalized spacial score (nSPS) is 10.5. The highest BCUT2D eigenvalue weighted by Gasteiger charge is 2.20. The van der Waals surface area contributed by atoms with Gasteiger partial charge in [-0.15, -0.1) is 0 Å². The van der Waals surface area contributed by atoms with E-state index in [-0.39, 0.29) is 12.5 Å². The number of amides is 1. The summed E-state index contributed by atoms with van der Waals surface area (Å²) < 4.78 is 5.27. The van der Waals surface area contributed by atoms with Gasteiger partial charge in [0, 0.05) is 5.69 Å². The zero-order chi connectivity index (χ0) is 19.4. The molecule has 0 aromatic heterocycles. The van der Waals surface area contributed by atoms with Gasteiger partial charge in [0.05, 0.1) is 5.56 Å². The molecule has 2 aromatic carbocycles. The highest BCUT2D eigenvalue weighted by Crippen LogP contribution is 2.26. The van der Waals surface area contributed by atoms with Crippen LogP contribution in [0, 0.1) is 34.6 Å². The number of benzene rings is 2. The zero-order valence-electron chi connectivity index (χ0n) is 16.4. The van der Waals surface area contributed by atoms with Crippen molar-refractivity contribution < 1.29 is 14.3 Å². The Morgan fingerprint density at radius 3 is 1.85 bits per heavy atom. The number of carbonyl (C=O) groups is 2. The maximum Gasteiger partial charge on any atom is 0.339 e. The molecule has 0 radical (unpaired) electrons. The summed E-state index contributed by atoms with van der Waals surface area (Å²) in [6, 6.07) is 7.62. The van der Waals surface area contributed by atoms with Crippen molar-refractivity contribution in [2.75, 3.05) is 11.9 Å². The number of rotatable bonds is 5. The van der Waals surface area contributed by atoms with E-state index in [0.29, 0.717) is 11.3 Å². The van der Waals surface area contributed by atoms with E-state index in [4.69, 9.17) is 4.74 Å². The van der Waals surface area contributed by atoms with E-state index in [9.17, 15) is 9.59 Å². The smallest absolute Gasteiger partial charge is 0.339 e. The first-order valence-corrected chi connectivity index (χ1v) is 8.89. The maximum atomic E-state index is 12.5. The molecule has 0 aliphatic rings. The minimum Gasteiger partial charge on any atom is -0.452 e. The van der Waals surface area contributed by atoms with Crippen molar-refractivity contribution in [2.45, 2.75) is 48.0 Å². The van der Waals surface area contributed by atoms with Gasteiger partial charge in [-0.05, 0) is 86.6 Å². The monoisotopic (exact) mass is 353 g/mol. The number of anilines is 1. The highest BCUT2D eigenvalue weighted by atomic mass is 16.5. The summed E-state index contributed by atoms with van der Waals surface area (Å²) in [6.45, 7) is 11.7. The van der Waals surface area contributed by atoms with Gasteiger partial charge in [0.15, 0.2) is 6.61 Å². The molecule has 0 fully saturated rings. The molecule has 0 bridgehead atoms. The second-order valence-electron chi connectivity index (χ2n) is 6.67. The van der Waals surface area contributed by atoms with Crippen LogP contribution in [0.3, 0.4) is 0 Å². The number of aryl methyl sites for hydroxylation is 1. The van der Waals surface area contributed by atoms with Crippen LogP contribution in [-0.2, 0) is 16.0 Å². The molecule has 2 aromatic rings. The van der Waals surface area contributed by atoms with E-state index >= 15 is 0 Å². The van der Waals surface area contributed by atoms with Gasteiger partial charge in [0.1, 0.15) is 0 Å². The van der Waals surface area contributed by atoms with Gasteiger partial charge in [-0.25, -0.2) is 4.79 Å². The molecule has 138 valence electrons. The molecule has 0 spiro atoms. The topological polar surface area (TPSA) is 55.4 Å². The highest BCUT2D eigenvalue weighted by molar-refractivity contribution is 5.97. The van der Waals surface area contributed by atoms with Crippen molar-refractivity contribution in [1.29, 1.82) is 0 Å². The number of carbonyl (C=O) groups excluding carboxylic acids is 2. The Morgan fingerprint density at radius 1 is 0.846 bits per heavy atom. The first kappa shape index (κ1) is 19.7. The van der Waals surface area contributed by atoms with Crippen LogP contribution in [0.15, 0.2) is 24.3 Å². The fourth-order valence-electron chi connectivity index (χ4n) is 3.03. The Hall–Kier alpha value is -2.62. The van der Waals surface area contributed by atoms with Crippen LogP contribution in [0.1, 0.15) is 50.7 Å². The second kappa shape index (κ2) is 8.17. The Balaban J connectivity index is 2.05. The largest absolute Gasteiger partial charge is 0.452 e. The Labute approximate surface area is 155 Å². The number of ether oxygens (including phenoxy) is 1. The van der Waals surface area contributed by atoms with Crippen molar-refractivity contribution in [2.24, 2.45) is 0 Å². The molecule has 26 heavy (non-hydrogen) atoms. The number of esters is 1. The van der Waals surface area contributed by atoms with Crippen molar-refractivity contribution >= 4 is 17.6 Å². The van der Waals surface area contributed by atoms with Crippen LogP contribution in [0.5, 0.6) is 0 Å². The molecule has 0 atom stereocenters. The molecular formula is C22H27NO3. The van der Waals surface area contributed by atoms with Crippen LogP contribution in [0.25, 0.3) is 0 Å². The van der Waals surface area contributed by atoms with Crippen LogP contribution in [0.2, 0.25) is 0 Å². The molecule has 0 aliphatic heterocycles. The predicted octanol–water partition coefficient (Wildman–Crippen LogP) is 4.59. The van der Waals surface area contributed by atoms with Crippen LogP contribution >= 0.6 is 0 Å². The lowest BCUT2D eigenvalue weighted by Crippen LogP contribution is -2.22. The average molecular weight is 353 g/mol. The van der Waals surface area contributed by atoms with Gasteiger partial charge in [-0.2, -0.15) is 0 Å². The quantitative estimate of drug-likeness (QED) is 0.800. The first-order chi connectivity index (χ1) is 12.3. The second-order valence-corrected chi connectivity index (χ2v) is 6.67. The van der Waals surface area contributed by atoms with Crippen LogP contribution in [-0.4, -0.2) is 18.5 Å². The molecule has 0 heterocycles. The van der Waals surface area contributed by atoms with Gasteiger partial charge in [-0.1, -0.05) is 19.1 Å². The third-order valence-electron chi connectivity index (χ3n) is 5.18. The molecule has 0 unspecified atom stereocenters. The van der Waals surface area contributed by atoms with E-state index in [2.05, 4.69) is 19.2 Å². The summed E-state index contributed by atoms with van der Waals surface area (Å²) >= 11 is 0. The van der Waals surface area contributed by atoms with Gasteiger partial charge >= 0.3 is 5.97 Å².